The van der Waals surface area contributed by atoms with Crippen molar-refractivity contribution in [2.24, 2.45) is 17.2 Å². The highest BCUT2D eigenvalue weighted by molar-refractivity contribution is 5.98. The van der Waals surface area contributed by atoms with Gasteiger partial charge in [0.1, 0.15) is 18.1 Å². The lowest BCUT2D eigenvalue weighted by Gasteiger charge is -2.24. The van der Waals surface area contributed by atoms with Crippen LogP contribution in [0.3, 0.4) is 0 Å². The van der Waals surface area contributed by atoms with Crippen molar-refractivity contribution in [2.75, 3.05) is 0 Å². The van der Waals surface area contributed by atoms with Gasteiger partial charge in [-0.1, -0.05) is 36.4 Å². The van der Waals surface area contributed by atoms with Gasteiger partial charge in [0.25, 0.3) is 0 Å². The Morgan fingerprint density at radius 2 is 1.07 bits per heavy atom. The number of benzene rings is 2. The van der Waals surface area contributed by atoms with Gasteiger partial charge in [-0.2, -0.15) is 0 Å². The summed E-state index contributed by atoms with van der Waals surface area (Å²) in [7, 11) is 0. The number of H-pyrrole nitrogens is 2. The van der Waals surface area contributed by atoms with E-state index in [4.69, 9.17) is 17.2 Å². The lowest BCUT2D eigenvalue weighted by Crippen LogP contribution is -2.58. The van der Waals surface area contributed by atoms with E-state index in [2.05, 4.69) is 25.9 Å². The summed E-state index contributed by atoms with van der Waals surface area (Å²) in [5.41, 5.74) is 19.7. The monoisotopic (exact) mass is 618 g/mol. The van der Waals surface area contributed by atoms with Gasteiger partial charge in [0.2, 0.25) is 29.5 Å². The number of carboxylic acids is 1. The summed E-state index contributed by atoms with van der Waals surface area (Å²) in [6.07, 6.45) is 1.96. The van der Waals surface area contributed by atoms with E-state index in [9.17, 15) is 33.9 Å². The van der Waals surface area contributed by atoms with Crippen LogP contribution in [0.15, 0.2) is 60.9 Å². The van der Waals surface area contributed by atoms with Gasteiger partial charge >= 0.3 is 5.97 Å². The third-order valence-electron chi connectivity index (χ3n) is 7.24. The van der Waals surface area contributed by atoms with Crippen LogP contribution in [-0.2, 0) is 41.6 Å². The summed E-state index contributed by atoms with van der Waals surface area (Å²) >= 11 is 0. The van der Waals surface area contributed by atoms with Crippen molar-refractivity contribution in [3.63, 3.8) is 0 Å². The molecule has 0 radical (unpaired) electrons. The Balaban J connectivity index is 1.45. The summed E-state index contributed by atoms with van der Waals surface area (Å²) in [5, 5.41) is 18.4. The maximum Gasteiger partial charge on any atom is 0.326 e. The highest BCUT2D eigenvalue weighted by Gasteiger charge is 2.32. The number of primary amides is 2. The molecule has 15 nitrogen and oxygen atoms in total. The molecule has 5 amide bonds. The molecule has 0 aliphatic rings. The zero-order valence-corrected chi connectivity index (χ0v) is 24.0. The van der Waals surface area contributed by atoms with Crippen molar-refractivity contribution >= 4 is 57.3 Å². The molecule has 2 aromatic heterocycles. The van der Waals surface area contributed by atoms with Crippen LogP contribution in [0, 0.1) is 0 Å². The van der Waals surface area contributed by atoms with Gasteiger partial charge < -0.3 is 48.2 Å². The first kappa shape index (κ1) is 32.2. The van der Waals surface area contributed by atoms with Crippen LogP contribution in [-0.4, -0.2) is 74.7 Å². The topological polar surface area (TPSA) is 268 Å². The molecule has 0 aliphatic carbocycles. The Kier molecular flexibility index (Phi) is 10.2. The third kappa shape index (κ3) is 8.23. The maximum absolute atomic E-state index is 13.2. The fourth-order valence-corrected chi connectivity index (χ4v) is 4.99. The molecule has 45 heavy (non-hydrogen) atoms. The van der Waals surface area contributed by atoms with Crippen molar-refractivity contribution in [1.82, 2.24) is 25.9 Å². The van der Waals surface area contributed by atoms with Crippen molar-refractivity contribution in [3.05, 3.63) is 72.1 Å². The number of carbonyl (C=O) groups excluding carboxylic acids is 5. The molecule has 0 bridgehead atoms. The summed E-state index contributed by atoms with van der Waals surface area (Å²) in [6, 6.07) is 8.82. The van der Waals surface area contributed by atoms with Gasteiger partial charge in [0.05, 0.1) is 18.9 Å². The van der Waals surface area contributed by atoms with E-state index in [1.165, 1.54) is 0 Å². The molecule has 12 N–H and O–H groups in total. The standard InChI is InChI=1S/C30H34N8O7/c31-19(9-15-13-34-20-7-3-1-5-17(15)20)27(41)36-22(11-25(32)39)28(42)37-23(12-26(33)40)29(43)38-24(30(44)45)10-16-14-35-21-8-4-2-6-18(16)21/h1-8,13-14,19,22-24,34-35H,9-12,31H2,(H2,32,39)(H2,33,40)(H,36,41)(H,37,42)(H,38,43)(H,44,45). The predicted molar refractivity (Wildman–Crippen MR) is 163 cm³/mol. The Bertz CT molecular complexity index is 1750. The number of amides is 5. The second-order valence-electron chi connectivity index (χ2n) is 10.6. The van der Waals surface area contributed by atoms with Gasteiger partial charge in [0, 0.05) is 40.6 Å². The molecule has 15 heteroatoms. The fourth-order valence-electron chi connectivity index (χ4n) is 4.99. The summed E-state index contributed by atoms with van der Waals surface area (Å²) in [4.78, 5) is 81.1. The van der Waals surface area contributed by atoms with E-state index in [0.29, 0.717) is 5.56 Å². The first-order valence-corrected chi connectivity index (χ1v) is 14.0. The predicted octanol–water partition coefficient (Wildman–Crippen LogP) is -0.948. The number of carbonyl (C=O) groups is 6. The summed E-state index contributed by atoms with van der Waals surface area (Å²) in [5.74, 6) is -6.11. The highest BCUT2D eigenvalue weighted by atomic mass is 16.4. The van der Waals surface area contributed by atoms with Crippen LogP contribution < -0.4 is 33.2 Å². The van der Waals surface area contributed by atoms with Crippen molar-refractivity contribution in [3.8, 4) is 0 Å². The molecule has 2 heterocycles. The van der Waals surface area contributed by atoms with Crippen molar-refractivity contribution in [1.29, 1.82) is 0 Å². The number of hydrogen-bond acceptors (Lipinski definition) is 7. The first-order chi connectivity index (χ1) is 21.4. The SMILES string of the molecule is NC(=O)CC(NC(=O)C(N)Cc1c[nH]c2ccccc12)C(=O)NC(CC(N)=O)C(=O)NC(Cc1c[nH]c2ccccc12)C(=O)O. The van der Waals surface area contributed by atoms with E-state index in [0.717, 1.165) is 27.4 Å². The van der Waals surface area contributed by atoms with E-state index < -0.39 is 72.5 Å². The number of rotatable bonds is 15. The molecule has 4 unspecified atom stereocenters. The fraction of sp³-hybridized carbons (Fsp3) is 0.267. The zero-order chi connectivity index (χ0) is 32.7. The Labute approximate surface area is 256 Å². The zero-order valence-electron chi connectivity index (χ0n) is 24.0. The molecule has 0 spiro atoms. The molecule has 0 saturated heterocycles. The number of aromatic amines is 2. The normalized spacial score (nSPS) is 13.8. The molecule has 236 valence electrons. The highest BCUT2D eigenvalue weighted by Crippen LogP contribution is 2.20. The molecule has 2 aromatic carbocycles. The number of hydrogen-bond donors (Lipinski definition) is 9. The number of nitrogens with one attached hydrogen (secondary N) is 5. The van der Waals surface area contributed by atoms with Gasteiger partial charge in [-0.15, -0.1) is 0 Å². The van der Waals surface area contributed by atoms with Crippen LogP contribution in [0.4, 0.5) is 0 Å². The molecule has 4 aromatic rings. The average molecular weight is 619 g/mol. The lowest BCUT2D eigenvalue weighted by molar-refractivity contribution is -0.142. The van der Waals surface area contributed by atoms with Crippen LogP contribution in [0.25, 0.3) is 21.8 Å². The molecule has 0 saturated carbocycles. The summed E-state index contributed by atoms with van der Waals surface area (Å²) in [6.45, 7) is 0. The number of para-hydroxylation sites is 2. The van der Waals surface area contributed by atoms with Crippen molar-refractivity contribution in [2.45, 2.75) is 49.9 Å². The van der Waals surface area contributed by atoms with Crippen LogP contribution in [0.2, 0.25) is 0 Å². The minimum absolute atomic E-state index is 0.0977. The maximum atomic E-state index is 13.2. The van der Waals surface area contributed by atoms with Gasteiger partial charge in [0.15, 0.2) is 0 Å². The second kappa shape index (κ2) is 14.2. The largest absolute Gasteiger partial charge is 0.480 e. The van der Waals surface area contributed by atoms with E-state index in [1.54, 1.807) is 24.5 Å². The quantitative estimate of drug-likeness (QED) is 0.0799. The van der Waals surface area contributed by atoms with Crippen LogP contribution in [0.5, 0.6) is 0 Å². The van der Waals surface area contributed by atoms with Crippen LogP contribution in [0.1, 0.15) is 24.0 Å². The smallest absolute Gasteiger partial charge is 0.326 e. The minimum atomic E-state index is -1.63. The number of fused-ring (bicyclic) bond motifs is 2. The molecular weight excluding hydrogens is 584 g/mol. The molecule has 0 aliphatic heterocycles. The first-order valence-electron chi connectivity index (χ1n) is 14.0. The summed E-state index contributed by atoms with van der Waals surface area (Å²) < 4.78 is 0. The van der Waals surface area contributed by atoms with Crippen LogP contribution >= 0.6 is 0 Å². The number of carboxylic acid groups (broad SMARTS) is 1. The van der Waals surface area contributed by atoms with Gasteiger partial charge in [-0.25, -0.2) is 4.79 Å². The number of aliphatic carboxylic acids is 1. The molecule has 4 rings (SSSR count). The van der Waals surface area contributed by atoms with Crippen molar-refractivity contribution < 1.29 is 33.9 Å². The number of nitrogens with two attached hydrogens (primary N) is 3. The van der Waals surface area contributed by atoms with E-state index in [1.807, 2.05) is 36.4 Å². The Morgan fingerprint density at radius 1 is 0.644 bits per heavy atom. The molecular formula is C30H34N8O7. The molecule has 0 fully saturated rings. The van der Waals surface area contributed by atoms with E-state index in [-0.39, 0.29) is 12.8 Å². The Hall–Kier alpha value is -5.70. The minimum Gasteiger partial charge on any atom is -0.480 e. The lowest BCUT2D eigenvalue weighted by atomic mass is 10.0. The van der Waals surface area contributed by atoms with E-state index >= 15 is 0 Å². The number of aromatic nitrogens is 2. The second-order valence-corrected chi connectivity index (χ2v) is 10.6. The van der Waals surface area contributed by atoms with Gasteiger partial charge in [-0.3, -0.25) is 24.0 Å². The Morgan fingerprint density at radius 3 is 1.53 bits per heavy atom. The molecule has 4 atom stereocenters. The van der Waals surface area contributed by atoms with Gasteiger partial charge in [-0.05, 0) is 29.7 Å². The average Bonchev–Trinajstić information content (AvgIpc) is 3.59. The third-order valence-corrected chi connectivity index (χ3v) is 7.24.